The molecule has 0 aliphatic carbocycles. The molecule has 22 heavy (non-hydrogen) atoms. The van der Waals surface area contributed by atoms with Crippen LogP contribution in [0.3, 0.4) is 0 Å². The van der Waals surface area contributed by atoms with Gasteiger partial charge in [-0.3, -0.25) is 4.79 Å². The molecule has 0 spiro atoms. The lowest BCUT2D eigenvalue weighted by molar-refractivity contribution is 0.0912. The van der Waals surface area contributed by atoms with Crippen LogP contribution < -0.4 is 10.6 Å². The molecular weight excluding hydrogens is 278 g/mol. The van der Waals surface area contributed by atoms with E-state index in [0.717, 1.165) is 18.7 Å². The standard InChI is InChI=1S/C17H21N3O2/c1-11(2)14-9-16(22-20-14)17(21)19-10-15-13-6-4-3-5-12(13)7-8-18-15/h3-6,9,11,15,18H,7-8,10H2,1-2H3,(H,19,21). The summed E-state index contributed by atoms with van der Waals surface area (Å²) in [6.07, 6.45) is 1.03. The first-order valence-corrected chi connectivity index (χ1v) is 7.71. The third kappa shape index (κ3) is 3.04. The van der Waals surface area contributed by atoms with E-state index in [2.05, 4.69) is 34.0 Å². The third-order valence-electron chi connectivity index (χ3n) is 4.03. The van der Waals surface area contributed by atoms with Crippen LogP contribution in [0.2, 0.25) is 0 Å². The van der Waals surface area contributed by atoms with Gasteiger partial charge in [0.15, 0.2) is 0 Å². The molecule has 2 heterocycles. The lowest BCUT2D eigenvalue weighted by atomic mass is 9.94. The molecule has 116 valence electrons. The highest BCUT2D eigenvalue weighted by Gasteiger charge is 2.21. The highest BCUT2D eigenvalue weighted by Crippen LogP contribution is 2.22. The molecule has 0 saturated carbocycles. The number of hydrogen-bond donors (Lipinski definition) is 2. The van der Waals surface area contributed by atoms with E-state index < -0.39 is 0 Å². The van der Waals surface area contributed by atoms with E-state index in [1.165, 1.54) is 11.1 Å². The maximum Gasteiger partial charge on any atom is 0.289 e. The number of fused-ring (bicyclic) bond motifs is 1. The lowest BCUT2D eigenvalue weighted by Gasteiger charge is -2.26. The molecule has 0 saturated heterocycles. The van der Waals surface area contributed by atoms with Gasteiger partial charge in [0, 0.05) is 18.7 Å². The molecule has 1 amide bonds. The molecule has 5 heteroatoms. The molecule has 1 unspecified atom stereocenters. The molecule has 2 aromatic rings. The Morgan fingerprint density at radius 3 is 3.05 bits per heavy atom. The molecule has 0 radical (unpaired) electrons. The monoisotopic (exact) mass is 299 g/mol. The summed E-state index contributed by atoms with van der Waals surface area (Å²) in [6, 6.07) is 10.2. The van der Waals surface area contributed by atoms with Gasteiger partial charge in [-0.15, -0.1) is 0 Å². The maximum absolute atomic E-state index is 12.2. The minimum absolute atomic E-state index is 0.140. The van der Waals surface area contributed by atoms with Crippen LogP contribution in [0.25, 0.3) is 0 Å². The first-order chi connectivity index (χ1) is 10.6. The van der Waals surface area contributed by atoms with E-state index in [0.29, 0.717) is 6.54 Å². The van der Waals surface area contributed by atoms with Crippen LogP contribution >= 0.6 is 0 Å². The smallest absolute Gasteiger partial charge is 0.289 e. The fourth-order valence-electron chi connectivity index (χ4n) is 2.72. The molecule has 1 aliphatic heterocycles. The first-order valence-electron chi connectivity index (χ1n) is 7.71. The molecule has 1 aromatic carbocycles. The van der Waals surface area contributed by atoms with Gasteiger partial charge in [-0.2, -0.15) is 0 Å². The second-order valence-electron chi connectivity index (χ2n) is 5.94. The predicted molar refractivity (Wildman–Crippen MR) is 83.8 cm³/mol. The summed E-state index contributed by atoms with van der Waals surface area (Å²) in [5, 5.41) is 10.3. The van der Waals surface area contributed by atoms with Crippen LogP contribution in [-0.2, 0) is 6.42 Å². The highest BCUT2D eigenvalue weighted by atomic mass is 16.5. The molecule has 0 bridgehead atoms. The van der Waals surface area contributed by atoms with Crippen molar-refractivity contribution in [2.45, 2.75) is 32.2 Å². The zero-order valence-electron chi connectivity index (χ0n) is 12.9. The minimum atomic E-state index is -0.218. The van der Waals surface area contributed by atoms with Crippen LogP contribution in [0, 0.1) is 0 Å². The van der Waals surface area contributed by atoms with Crippen molar-refractivity contribution in [1.29, 1.82) is 0 Å². The average Bonchev–Trinajstić information content (AvgIpc) is 3.03. The molecule has 5 nitrogen and oxygen atoms in total. The van der Waals surface area contributed by atoms with E-state index in [1.54, 1.807) is 6.07 Å². The van der Waals surface area contributed by atoms with Crippen LogP contribution in [0.4, 0.5) is 0 Å². The van der Waals surface area contributed by atoms with E-state index in [4.69, 9.17) is 4.52 Å². The number of rotatable bonds is 4. The maximum atomic E-state index is 12.2. The quantitative estimate of drug-likeness (QED) is 0.910. The van der Waals surface area contributed by atoms with Gasteiger partial charge in [0.25, 0.3) is 5.91 Å². The zero-order valence-corrected chi connectivity index (χ0v) is 12.9. The Bertz CT molecular complexity index is 663. The third-order valence-corrected chi connectivity index (χ3v) is 4.03. The van der Waals surface area contributed by atoms with Crippen LogP contribution in [0.5, 0.6) is 0 Å². The molecule has 3 rings (SSSR count). The van der Waals surface area contributed by atoms with Gasteiger partial charge in [-0.25, -0.2) is 0 Å². The van der Waals surface area contributed by atoms with Crippen molar-refractivity contribution in [2.24, 2.45) is 0 Å². The normalized spacial score (nSPS) is 17.3. The number of benzene rings is 1. The summed E-state index contributed by atoms with van der Waals surface area (Å²) in [5.74, 6) is 0.300. The number of carbonyl (C=O) groups is 1. The molecule has 1 aromatic heterocycles. The van der Waals surface area contributed by atoms with Crippen molar-refractivity contribution in [1.82, 2.24) is 15.8 Å². The van der Waals surface area contributed by atoms with E-state index in [-0.39, 0.29) is 23.6 Å². The van der Waals surface area contributed by atoms with Crippen molar-refractivity contribution in [3.63, 3.8) is 0 Å². The Kier molecular flexibility index (Phi) is 4.24. The number of amides is 1. The van der Waals surface area contributed by atoms with Crippen LogP contribution in [0.15, 0.2) is 34.9 Å². The van der Waals surface area contributed by atoms with Gasteiger partial charge < -0.3 is 15.2 Å². The van der Waals surface area contributed by atoms with E-state index >= 15 is 0 Å². The number of aromatic nitrogens is 1. The molecule has 1 atom stereocenters. The highest BCUT2D eigenvalue weighted by molar-refractivity contribution is 5.91. The van der Waals surface area contributed by atoms with Crippen LogP contribution in [-0.4, -0.2) is 24.2 Å². The SMILES string of the molecule is CC(C)c1cc(C(=O)NCC2NCCc3ccccc32)on1. The number of nitrogens with zero attached hydrogens (tertiary/aromatic N) is 1. The summed E-state index contributed by atoms with van der Waals surface area (Å²) in [6.45, 7) is 5.50. The van der Waals surface area contributed by atoms with E-state index in [9.17, 15) is 4.79 Å². The van der Waals surface area contributed by atoms with Crippen molar-refractivity contribution in [3.8, 4) is 0 Å². The Morgan fingerprint density at radius 1 is 1.45 bits per heavy atom. The summed E-state index contributed by atoms with van der Waals surface area (Å²) in [5.41, 5.74) is 3.41. The van der Waals surface area contributed by atoms with Crippen molar-refractivity contribution < 1.29 is 9.32 Å². The first kappa shape index (κ1) is 14.8. The second-order valence-corrected chi connectivity index (χ2v) is 5.94. The number of hydrogen-bond acceptors (Lipinski definition) is 4. The van der Waals surface area contributed by atoms with Crippen molar-refractivity contribution >= 4 is 5.91 Å². The summed E-state index contributed by atoms with van der Waals surface area (Å²) in [4.78, 5) is 12.2. The van der Waals surface area contributed by atoms with Gasteiger partial charge in [0.2, 0.25) is 5.76 Å². The average molecular weight is 299 g/mol. The van der Waals surface area contributed by atoms with Crippen molar-refractivity contribution in [2.75, 3.05) is 13.1 Å². The fourth-order valence-corrected chi connectivity index (χ4v) is 2.72. The zero-order chi connectivity index (χ0) is 15.5. The Balaban J connectivity index is 1.64. The minimum Gasteiger partial charge on any atom is -0.351 e. The van der Waals surface area contributed by atoms with Gasteiger partial charge in [-0.05, 0) is 30.0 Å². The van der Waals surface area contributed by atoms with Gasteiger partial charge in [-0.1, -0.05) is 43.3 Å². The van der Waals surface area contributed by atoms with E-state index in [1.807, 2.05) is 19.9 Å². The fraction of sp³-hybridized carbons (Fsp3) is 0.412. The molecule has 1 aliphatic rings. The molecular formula is C17H21N3O2. The van der Waals surface area contributed by atoms with Gasteiger partial charge in [0.05, 0.1) is 5.69 Å². The lowest BCUT2D eigenvalue weighted by Crippen LogP contribution is -2.38. The number of carbonyl (C=O) groups excluding carboxylic acids is 1. The molecule has 2 N–H and O–H groups in total. The van der Waals surface area contributed by atoms with Crippen molar-refractivity contribution in [3.05, 3.63) is 52.9 Å². The number of nitrogens with one attached hydrogen (secondary N) is 2. The Morgan fingerprint density at radius 2 is 2.27 bits per heavy atom. The second kappa shape index (κ2) is 6.32. The summed E-state index contributed by atoms with van der Waals surface area (Å²) < 4.78 is 5.11. The van der Waals surface area contributed by atoms with Crippen LogP contribution in [0.1, 0.15) is 53.2 Å². The van der Waals surface area contributed by atoms with Gasteiger partial charge in [0.1, 0.15) is 0 Å². The Hall–Kier alpha value is -2.14. The summed E-state index contributed by atoms with van der Waals surface area (Å²) in [7, 11) is 0. The topological polar surface area (TPSA) is 67.2 Å². The Labute approximate surface area is 130 Å². The summed E-state index contributed by atoms with van der Waals surface area (Å²) >= 11 is 0. The van der Waals surface area contributed by atoms with Gasteiger partial charge >= 0.3 is 0 Å². The predicted octanol–water partition coefficient (Wildman–Crippen LogP) is 2.41. The largest absolute Gasteiger partial charge is 0.351 e. The molecule has 0 fully saturated rings.